The van der Waals surface area contributed by atoms with Crippen molar-refractivity contribution in [3.8, 4) is 5.75 Å². The fourth-order valence-electron chi connectivity index (χ4n) is 3.25. The van der Waals surface area contributed by atoms with E-state index in [9.17, 15) is 0 Å². The molecule has 0 spiro atoms. The van der Waals surface area contributed by atoms with E-state index in [4.69, 9.17) is 10.5 Å². The van der Waals surface area contributed by atoms with Gasteiger partial charge < -0.3 is 10.5 Å². The minimum atomic E-state index is 0.508. The smallest absolute Gasteiger partial charge is 0.119 e. The van der Waals surface area contributed by atoms with Gasteiger partial charge in [-0.05, 0) is 43.5 Å². The molecule has 3 heteroatoms. The Morgan fingerprint density at radius 3 is 2.74 bits per heavy atom. The number of rotatable bonds is 6. The maximum absolute atomic E-state index is 6.00. The summed E-state index contributed by atoms with van der Waals surface area (Å²) in [7, 11) is 3.90. The van der Waals surface area contributed by atoms with Crippen LogP contribution >= 0.6 is 0 Å². The Bertz CT molecular complexity index is 388. The Morgan fingerprint density at radius 2 is 2.11 bits per heavy atom. The van der Waals surface area contributed by atoms with Gasteiger partial charge in [-0.1, -0.05) is 25.0 Å². The molecule has 106 valence electrons. The number of hydrogen-bond donors (Lipinski definition) is 1. The summed E-state index contributed by atoms with van der Waals surface area (Å²) >= 11 is 0. The molecule has 0 aliphatic heterocycles. The molecule has 1 atom stereocenters. The minimum Gasteiger partial charge on any atom is -0.497 e. The fourth-order valence-corrected chi connectivity index (χ4v) is 3.25. The third-order valence-corrected chi connectivity index (χ3v) is 4.32. The van der Waals surface area contributed by atoms with Crippen LogP contribution < -0.4 is 10.5 Å². The van der Waals surface area contributed by atoms with Crippen LogP contribution in [0.5, 0.6) is 5.75 Å². The molecule has 1 saturated carbocycles. The van der Waals surface area contributed by atoms with Gasteiger partial charge in [-0.3, -0.25) is 4.90 Å². The second kappa shape index (κ2) is 6.92. The predicted octanol–water partition coefficient (Wildman–Crippen LogP) is 2.64. The van der Waals surface area contributed by atoms with Gasteiger partial charge in [0.1, 0.15) is 5.75 Å². The lowest BCUT2D eigenvalue weighted by atomic mass is 9.96. The summed E-state index contributed by atoms with van der Waals surface area (Å²) in [6, 6.07) is 8.81. The summed E-state index contributed by atoms with van der Waals surface area (Å²) in [5.74, 6) is 1.71. The molecule has 0 aromatic heterocycles. The predicted molar refractivity (Wildman–Crippen MR) is 79.3 cm³/mol. The van der Waals surface area contributed by atoms with Crippen LogP contribution in [0.4, 0.5) is 0 Å². The highest BCUT2D eigenvalue weighted by atomic mass is 16.5. The first-order valence-electron chi connectivity index (χ1n) is 7.28. The van der Waals surface area contributed by atoms with Gasteiger partial charge in [-0.2, -0.15) is 0 Å². The quantitative estimate of drug-likeness (QED) is 0.856. The molecule has 0 radical (unpaired) electrons. The van der Waals surface area contributed by atoms with Crippen LogP contribution in [0.2, 0.25) is 0 Å². The summed E-state index contributed by atoms with van der Waals surface area (Å²) in [6.07, 6.45) is 5.41. The molecule has 0 bridgehead atoms. The SMILES string of the molecule is COc1cccc(CN(C)C(CN)C2CCCC2)c1. The standard InChI is InChI=1S/C16H26N2O/c1-18(16(11-17)14-7-3-4-8-14)12-13-6-5-9-15(10-13)19-2/h5-6,9-10,14,16H,3-4,7-8,11-12,17H2,1-2H3. The molecule has 19 heavy (non-hydrogen) atoms. The summed E-state index contributed by atoms with van der Waals surface area (Å²) < 4.78 is 5.28. The van der Waals surface area contributed by atoms with Crippen LogP contribution in [0.25, 0.3) is 0 Å². The maximum atomic E-state index is 6.00. The number of ether oxygens (including phenoxy) is 1. The number of nitrogens with zero attached hydrogens (tertiary/aromatic N) is 1. The van der Waals surface area contributed by atoms with Crippen molar-refractivity contribution >= 4 is 0 Å². The van der Waals surface area contributed by atoms with Gasteiger partial charge in [0.25, 0.3) is 0 Å². The summed E-state index contributed by atoms with van der Waals surface area (Å²) in [6.45, 7) is 1.70. The zero-order chi connectivity index (χ0) is 13.7. The molecule has 2 N–H and O–H groups in total. The molecule has 1 aromatic rings. The molecule has 0 amide bonds. The summed E-state index contributed by atoms with van der Waals surface area (Å²) in [5, 5.41) is 0. The van der Waals surface area contributed by atoms with Gasteiger partial charge in [-0.15, -0.1) is 0 Å². The second-order valence-corrected chi connectivity index (χ2v) is 5.61. The van der Waals surface area contributed by atoms with E-state index in [1.54, 1.807) is 7.11 Å². The molecular weight excluding hydrogens is 236 g/mol. The normalized spacial score (nSPS) is 17.9. The van der Waals surface area contributed by atoms with Crippen molar-refractivity contribution in [2.45, 2.75) is 38.3 Å². The average molecular weight is 262 g/mol. The molecule has 1 aliphatic rings. The Kier molecular flexibility index (Phi) is 5.23. The highest BCUT2D eigenvalue weighted by Crippen LogP contribution is 2.30. The van der Waals surface area contributed by atoms with Crippen LogP contribution in [-0.2, 0) is 6.54 Å². The average Bonchev–Trinajstić information content (AvgIpc) is 2.93. The minimum absolute atomic E-state index is 0.508. The van der Waals surface area contributed by atoms with E-state index in [-0.39, 0.29) is 0 Å². The van der Waals surface area contributed by atoms with Gasteiger partial charge in [0.2, 0.25) is 0 Å². The van der Waals surface area contributed by atoms with E-state index >= 15 is 0 Å². The Balaban J connectivity index is 1.99. The Labute approximate surface area is 116 Å². The van der Waals surface area contributed by atoms with Crippen LogP contribution in [0.15, 0.2) is 24.3 Å². The number of likely N-dealkylation sites (N-methyl/N-ethyl adjacent to an activating group) is 1. The monoisotopic (exact) mass is 262 g/mol. The van der Waals surface area contributed by atoms with E-state index in [0.717, 1.165) is 24.8 Å². The Morgan fingerprint density at radius 1 is 1.37 bits per heavy atom. The highest BCUT2D eigenvalue weighted by molar-refractivity contribution is 5.28. The summed E-state index contributed by atoms with van der Waals surface area (Å²) in [5.41, 5.74) is 7.29. The van der Waals surface area contributed by atoms with E-state index in [1.165, 1.54) is 31.2 Å². The maximum Gasteiger partial charge on any atom is 0.119 e. The highest BCUT2D eigenvalue weighted by Gasteiger charge is 2.26. The molecule has 2 rings (SSSR count). The summed E-state index contributed by atoms with van der Waals surface area (Å²) in [4.78, 5) is 2.41. The lowest BCUT2D eigenvalue weighted by Crippen LogP contribution is -2.42. The lowest BCUT2D eigenvalue weighted by Gasteiger charge is -2.32. The van der Waals surface area contributed by atoms with Crippen molar-refractivity contribution in [2.75, 3.05) is 20.7 Å². The second-order valence-electron chi connectivity index (χ2n) is 5.61. The molecular formula is C16H26N2O. The first kappa shape index (κ1) is 14.4. The van der Waals surface area contributed by atoms with Crippen molar-refractivity contribution < 1.29 is 4.74 Å². The topological polar surface area (TPSA) is 38.5 Å². The number of nitrogens with two attached hydrogens (primary N) is 1. The van der Waals surface area contributed by atoms with E-state index in [1.807, 2.05) is 6.07 Å². The first-order valence-corrected chi connectivity index (χ1v) is 7.28. The van der Waals surface area contributed by atoms with Crippen LogP contribution in [0.1, 0.15) is 31.2 Å². The van der Waals surface area contributed by atoms with Gasteiger partial charge in [0, 0.05) is 19.1 Å². The number of benzene rings is 1. The molecule has 0 heterocycles. The van der Waals surface area contributed by atoms with Crippen molar-refractivity contribution in [3.05, 3.63) is 29.8 Å². The lowest BCUT2D eigenvalue weighted by molar-refractivity contribution is 0.174. The third-order valence-electron chi connectivity index (χ3n) is 4.32. The number of methoxy groups -OCH3 is 1. The van der Waals surface area contributed by atoms with Crippen molar-refractivity contribution in [2.24, 2.45) is 11.7 Å². The van der Waals surface area contributed by atoms with E-state index in [2.05, 4.69) is 30.1 Å². The van der Waals surface area contributed by atoms with Gasteiger partial charge in [-0.25, -0.2) is 0 Å². The molecule has 1 fully saturated rings. The van der Waals surface area contributed by atoms with Gasteiger partial charge >= 0.3 is 0 Å². The van der Waals surface area contributed by atoms with Crippen LogP contribution in [0.3, 0.4) is 0 Å². The van der Waals surface area contributed by atoms with Gasteiger partial charge in [0.15, 0.2) is 0 Å². The molecule has 1 unspecified atom stereocenters. The van der Waals surface area contributed by atoms with Gasteiger partial charge in [0.05, 0.1) is 7.11 Å². The van der Waals surface area contributed by atoms with Crippen LogP contribution in [-0.4, -0.2) is 31.6 Å². The molecule has 1 aromatic carbocycles. The van der Waals surface area contributed by atoms with E-state index < -0.39 is 0 Å². The molecule has 1 aliphatic carbocycles. The molecule has 3 nitrogen and oxygen atoms in total. The fraction of sp³-hybridized carbons (Fsp3) is 0.625. The zero-order valence-corrected chi connectivity index (χ0v) is 12.1. The van der Waals surface area contributed by atoms with Crippen molar-refractivity contribution in [1.82, 2.24) is 4.90 Å². The van der Waals surface area contributed by atoms with Crippen molar-refractivity contribution in [3.63, 3.8) is 0 Å². The third kappa shape index (κ3) is 3.71. The van der Waals surface area contributed by atoms with E-state index in [0.29, 0.717) is 6.04 Å². The Hall–Kier alpha value is -1.06. The zero-order valence-electron chi connectivity index (χ0n) is 12.1. The largest absolute Gasteiger partial charge is 0.497 e. The number of hydrogen-bond acceptors (Lipinski definition) is 3. The molecule has 0 saturated heterocycles. The first-order chi connectivity index (χ1) is 9.24. The van der Waals surface area contributed by atoms with Crippen LogP contribution in [0, 0.1) is 5.92 Å². The van der Waals surface area contributed by atoms with Crippen molar-refractivity contribution in [1.29, 1.82) is 0 Å².